The smallest absolute Gasteiger partial charge is 0.406 e. The van der Waals surface area contributed by atoms with Crippen molar-refractivity contribution in [3.05, 3.63) is 18.6 Å². The van der Waals surface area contributed by atoms with E-state index < -0.39 is 24.4 Å². The van der Waals surface area contributed by atoms with Crippen molar-refractivity contribution in [3.8, 4) is 5.88 Å². The van der Waals surface area contributed by atoms with Crippen molar-refractivity contribution in [1.82, 2.24) is 9.97 Å². The molecule has 0 spiro atoms. The number of halogens is 6. The summed E-state index contributed by atoms with van der Waals surface area (Å²) in [4.78, 5) is 6.83. The van der Waals surface area contributed by atoms with Gasteiger partial charge in [-0.05, 0) is 6.92 Å². The topological polar surface area (TPSA) is 35.0 Å². The number of hydrogen-bond acceptors (Lipinski definition) is 3. The summed E-state index contributed by atoms with van der Waals surface area (Å²) in [6.45, 7) is -1.56. The number of aromatic nitrogens is 2. The van der Waals surface area contributed by atoms with Crippen LogP contribution in [0.3, 0.4) is 0 Å². The van der Waals surface area contributed by atoms with Crippen LogP contribution in [0.15, 0.2) is 18.6 Å². The molecular formula is C9H8F6N2O. The Morgan fingerprint density at radius 3 is 2.06 bits per heavy atom. The van der Waals surface area contributed by atoms with Crippen LogP contribution in [0, 0.1) is 5.41 Å². The summed E-state index contributed by atoms with van der Waals surface area (Å²) in [7, 11) is 0. The maximum Gasteiger partial charge on any atom is 0.406 e. The summed E-state index contributed by atoms with van der Waals surface area (Å²) in [5, 5.41) is 0. The van der Waals surface area contributed by atoms with Crippen LogP contribution >= 0.6 is 0 Å². The van der Waals surface area contributed by atoms with E-state index in [9.17, 15) is 26.3 Å². The van der Waals surface area contributed by atoms with Gasteiger partial charge >= 0.3 is 12.4 Å². The fourth-order valence-corrected chi connectivity index (χ4v) is 0.907. The molecule has 0 atom stereocenters. The number of alkyl halides is 6. The third-order valence-electron chi connectivity index (χ3n) is 2.31. The Hall–Kier alpha value is -1.54. The molecule has 3 nitrogen and oxygen atoms in total. The highest BCUT2D eigenvalue weighted by molar-refractivity contribution is 5.05. The molecule has 0 aliphatic rings. The molecule has 0 amide bonds. The lowest BCUT2D eigenvalue weighted by Crippen LogP contribution is -2.51. The Bertz CT molecular complexity index is 374. The Labute approximate surface area is 97.8 Å². The molecular weight excluding hydrogens is 266 g/mol. The molecule has 1 heterocycles. The third kappa shape index (κ3) is 2.82. The first kappa shape index (κ1) is 14.5. The molecule has 1 aromatic heterocycles. The second-order valence-corrected chi connectivity index (χ2v) is 3.66. The van der Waals surface area contributed by atoms with E-state index in [1.807, 2.05) is 0 Å². The van der Waals surface area contributed by atoms with Gasteiger partial charge in [0.25, 0.3) is 0 Å². The van der Waals surface area contributed by atoms with E-state index >= 15 is 0 Å². The molecule has 18 heavy (non-hydrogen) atoms. The van der Waals surface area contributed by atoms with Gasteiger partial charge < -0.3 is 4.74 Å². The first-order valence-corrected chi connectivity index (χ1v) is 4.60. The van der Waals surface area contributed by atoms with E-state index in [2.05, 4.69) is 14.7 Å². The molecule has 0 aliphatic carbocycles. The minimum Gasteiger partial charge on any atom is -0.476 e. The lowest BCUT2D eigenvalue weighted by molar-refractivity contribution is -0.340. The first-order valence-electron chi connectivity index (χ1n) is 4.60. The molecule has 0 N–H and O–H groups in total. The molecule has 0 bridgehead atoms. The van der Waals surface area contributed by atoms with Gasteiger partial charge in [0.1, 0.15) is 12.9 Å². The maximum atomic E-state index is 12.5. The van der Waals surface area contributed by atoms with Crippen molar-refractivity contribution in [2.75, 3.05) is 6.61 Å². The highest BCUT2D eigenvalue weighted by atomic mass is 19.4. The molecule has 0 aliphatic heterocycles. The Balaban J connectivity index is 2.89. The molecule has 9 heteroatoms. The zero-order chi connectivity index (χ0) is 14.0. The van der Waals surface area contributed by atoms with Gasteiger partial charge in [0, 0.05) is 12.3 Å². The highest BCUT2D eigenvalue weighted by Gasteiger charge is 2.68. The van der Waals surface area contributed by atoms with E-state index in [4.69, 9.17) is 0 Å². The fraction of sp³-hybridized carbons (Fsp3) is 0.556. The molecule has 0 radical (unpaired) electrons. The standard InChI is InChI=1S/C9H8F6N2O/c1-7(8(10,11)12,9(13,14)15)4-18-6-2-3-16-5-17-6/h2-3,5H,4H2,1H3. The summed E-state index contributed by atoms with van der Waals surface area (Å²) < 4.78 is 79.3. The van der Waals surface area contributed by atoms with Crippen LogP contribution in [0.5, 0.6) is 5.88 Å². The van der Waals surface area contributed by atoms with Gasteiger partial charge in [-0.2, -0.15) is 26.3 Å². The second-order valence-electron chi connectivity index (χ2n) is 3.66. The summed E-state index contributed by atoms with van der Waals surface area (Å²) in [5.41, 5.74) is -3.95. The average Bonchev–Trinajstić information content (AvgIpc) is 2.24. The molecule has 0 saturated carbocycles. The van der Waals surface area contributed by atoms with E-state index in [0.717, 1.165) is 18.6 Å². The Morgan fingerprint density at radius 1 is 1.11 bits per heavy atom. The van der Waals surface area contributed by atoms with Crippen molar-refractivity contribution < 1.29 is 31.1 Å². The molecule has 0 saturated heterocycles. The second kappa shape index (κ2) is 4.62. The van der Waals surface area contributed by atoms with Crippen molar-refractivity contribution in [1.29, 1.82) is 0 Å². The maximum absolute atomic E-state index is 12.5. The largest absolute Gasteiger partial charge is 0.476 e. The molecule has 0 fully saturated rings. The van der Waals surface area contributed by atoms with Crippen molar-refractivity contribution in [3.63, 3.8) is 0 Å². The Kier molecular flexibility index (Phi) is 3.72. The van der Waals surface area contributed by atoms with Crippen LogP contribution in [0.2, 0.25) is 0 Å². The lowest BCUT2D eigenvalue weighted by atomic mass is 9.90. The third-order valence-corrected chi connectivity index (χ3v) is 2.31. The summed E-state index contributed by atoms with van der Waals surface area (Å²) >= 11 is 0. The normalized spacial score (nSPS) is 13.5. The van der Waals surface area contributed by atoms with Crippen LogP contribution in [0.4, 0.5) is 26.3 Å². The number of rotatable bonds is 3. The predicted molar refractivity (Wildman–Crippen MR) is 47.7 cm³/mol. The van der Waals surface area contributed by atoms with Crippen LogP contribution in [-0.4, -0.2) is 28.9 Å². The Morgan fingerprint density at radius 2 is 1.67 bits per heavy atom. The fourth-order valence-electron chi connectivity index (χ4n) is 0.907. The van der Waals surface area contributed by atoms with E-state index in [0.29, 0.717) is 0 Å². The summed E-state index contributed by atoms with van der Waals surface area (Å²) in [5.74, 6) is -0.357. The van der Waals surface area contributed by atoms with E-state index in [1.165, 1.54) is 0 Å². The summed E-state index contributed by atoms with van der Waals surface area (Å²) in [6, 6.07) is 1.06. The minimum absolute atomic E-state index is 0.0359. The van der Waals surface area contributed by atoms with Gasteiger partial charge in [-0.1, -0.05) is 0 Å². The van der Waals surface area contributed by atoms with Crippen LogP contribution in [0.25, 0.3) is 0 Å². The first-order chi connectivity index (χ1) is 8.08. The van der Waals surface area contributed by atoms with Crippen LogP contribution in [-0.2, 0) is 0 Å². The number of ether oxygens (including phenoxy) is 1. The van der Waals surface area contributed by atoms with Crippen molar-refractivity contribution in [2.24, 2.45) is 5.41 Å². The molecule has 1 rings (SSSR count). The minimum atomic E-state index is -5.47. The zero-order valence-corrected chi connectivity index (χ0v) is 9.01. The zero-order valence-electron chi connectivity index (χ0n) is 9.01. The van der Waals surface area contributed by atoms with Crippen LogP contribution in [0.1, 0.15) is 6.92 Å². The van der Waals surface area contributed by atoms with Crippen molar-refractivity contribution >= 4 is 0 Å². The summed E-state index contributed by atoms with van der Waals surface area (Å²) in [6.07, 6.45) is -8.86. The van der Waals surface area contributed by atoms with Gasteiger partial charge in [-0.3, -0.25) is 0 Å². The predicted octanol–water partition coefficient (Wildman–Crippen LogP) is 2.99. The van der Waals surface area contributed by atoms with Gasteiger partial charge in [-0.25, -0.2) is 9.97 Å². The monoisotopic (exact) mass is 274 g/mol. The highest BCUT2D eigenvalue weighted by Crippen LogP contribution is 2.49. The number of hydrogen-bond donors (Lipinski definition) is 0. The average molecular weight is 274 g/mol. The number of nitrogens with zero attached hydrogens (tertiary/aromatic N) is 2. The molecule has 0 unspecified atom stereocenters. The van der Waals surface area contributed by atoms with Gasteiger partial charge in [0.2, 0.25) is 5.88 Å². The lowest BCUT2D eigenvalue weighted by Gasteiger charge is -2.33. The van der Waals surface area contributed by atoms with Crippen molar-refractivity contribution in [2.45, 2.75) is 19.3 Å². The molecule has 102 valence electrons. The molecule has 1 aromatic rings. The van der Waals surface area contributed by atoms with Crippen LogP contribution < -0.4 is 4.74 Å². The van der Waals surface area contributed by atoms with E-state index in [1.54, 1.807) is 0 Å². The SMILES string of the molecule is CC(COc1ccncn1)(C(F)(F)F)C(F)(F)F. The van der Waals surface area contributed by atoms with E-state index in [-0.39, 0.29) is 12.8 Å². The quantitative estimate of drug-likeness (QED) is 0.795. The van der Waals surface area contributed by atoms with Gasteiger partial charge in [-0.15, -0.1) is 0 Å². The van der Waals surface area contributed by atoms with Gasteiger partial charge in [0.15, 0.2) is 5.41 Å². The van der Waals surface area contributed by atoms with Gasteiger partial charge in [0.05, 0.1) is 0 Å². The molecule has 0 aromatic carbocycles.